The van der Waals surface area contributed by atoms with Crippen molar-refractivity contribution in [3.63, 3.8) is 0 Å². The normalized spacial score (nSPS) is 17.3. The minimum absolute atomic E-state index is 0.0382. The van der Waals surface area contributed by atoms with Gasteiger partial charge in [0.15, 0.2) is 5.82 Å². The predicted octanol–water partition coefficient (Wildman–Crippen LogP) is 2.08. The van der Waals surface area contributed by atoms with Crippen molar-refractivity contribution in [3.8, 4) is 0 Å². The van der Waals surface area contributed by atoms with Gasteiger partial charge in [0, 0.05) is 24.6 Å². The molecule has 1 fully saturated rings. The zero-order valence-corrected chi connectivity index (χ0v) is 12.6. The van der Waals surface area contributed by atoms with Crippen molar-refractivity contribution >= 4 is 17.6 Å². The molecule has 3 rings (SSSR count). The van der Waals surface area contributed by atoms with Gasteiger partial charge in [0.05, 0.1) is 0 Å². The average Bonchev–Trinajstić information content (AvgIpc) is 3.16. The third kappa shape index (κ3) is 3.23. The number of rotatable bonds is 2. The number of hydrogen-bond donors (Lipinski definition) is 1. The first-order chi connectivity index (χ1) is 11.0. The molecule has 6 nitrogen and oxygen atoms in total. The van der Waals surface area contributed by atoms with Crippen LogP contribution in [-0.4, -0.2) is 35.0 Å². The van der Waals surface area contributed by atoms with Crippen molar-refractivity contribution in [2.75, 3.05) is 18.4 Å². The van der Waals surface area contributed by atoms with Crippen LogP contribution in [0.3, 0.4) is 0 Å². The van der Waals surface area contributed by atoms with Crippen LogP contribution in [0.25, 0.3) is 0 Å². The first kappa shape index (κ1) is 15.2. The molecule has 1 aromatic heterocycles. The summed E-state index contributed by atoms with van der Waals surface area (Å²) in [5.74, 6) is -1.39. The van der Waals surface area contributed by atoms with Crippen molar-refractivity contribution in [1.29, 1.82) is 0 Å². The molecular weight excluding hydrogens is 301 g/mol. The number of amides is 2. The molecular formula is C16H16FN3O3. The lowest BCUT2D eigenvalue weighted by molar-refractivity contribution is -0.142. The number of nitrogens with one attached hydrogen (secondary N) is 1. The largest absolute Gasteiger partial charge is 0.362 e. The van der Waals surface area contributed by atoms with E-state index >= 15 is 0 Å². The maximum absolute atomic E-state index is 13.3. The fourth-order valence-electron chi connectivity index (χ4n) is 2.69. The quantitative estimate of drug-likeness (QED) is 0.861. The van der Waals surface area contributed by atoms with Crippen molar-refractivity contribution < 1.29 is 18.5 Å². The zero-order valence-electron chi connectivity index (χ0n) is 12.6. The van der Waals surface area contributed by atoms with Crippen LogP contribution in [0.5, 0.6) is 0 Å². The summed E-state index contributed by atoms with van der Waals surface area (Å²) in [7, 11) is 0. The molecule has 7 heteroatoms. The summed E-state index contributed by atoms with van der Waals surface area (Å²) in [6, 6.07) is 6.34. The summed E-state index contributed by atoms with van der Waals surface area (Å²) in [4.78, 5) is 25.7. The Morgan fingerprint density at radius 2 is 2.26 bits per heavy atom. The van der Waals surface area contributed by atoms with Crippen molar-refractivity contribution in [2.45, 2.75) is 19.3 Å². The van der Waals surface area contributed by atoms with E-state index in [0.717, 1.165) is 5.56 Å². The van der Waals surface area contributed by atoms with Crippen molar-refractivity contribution in [3.05, 3.63) is 47.5 Å². The number of halogens is 1. The lowest BCUT2D eigenvalue weighted by Crippen LogP contribution is -2.38. The lowest BCUT2D eigenvalue weighted by Gasteiger charge is -2.16. The molecule has 2 heterocycles. The number of nitrogens with zero attached hydrogens (tertiary/aromatic N) is 2. The van der Waals surface area contributed by atoms with E-state index in [0.29, 0.717) is 25.1 Å². The van der Waals surface area contributed by atoms with E-state index in [1.807, 2.05) is 6.07 Å². The molecule has 0 radical (unpaired) electrons. The Balaban J connectivity index is 1.63. The molecule has 0 bridgehead atoms. The number of likely N-dealkylation sites (tertiary alicyclic amines) is 1. The fourth-order valence-corrected chi connectivity index (χ4v) is 2.69. The molecule has 23 heavy (non-hydrogen) atoms. The Hall–Kier alpha value is -2.70. The van der Waals surface area contributed by atoms with Crippen LogP contribution in [0.1, 0.15) is 23.5 Å². The summed E-state index contributed by atoms with van der Waals surface area (Å²) in [5, 5.41) is 6.05. The second kappa shape index (κ2) is 6.20. The maximum Gasteiger partial charge on any atom is 0.315 e. The molecule has 1 N–H and O–H groups in total. The van der Waals surface area contributed by atoms with Gasteiger partial charge in [-0.25, -0.2) is 4.39 Å². The first-order valence-electron chi connectivity index (χ1n) is 7.31. The molecule has 2 amide bonds. The highest BCUT2D eigenvalue weighted by Gasteiger charge is 2.31. The number of benzene rings is 1. The van der Waals surface area contributed by atoms with Gasteiger partial charge in [-0.1, -0.05) is 17.3 Å². The van der Waals surface area contributed by atoms with E-state index < -0.39 is 11.8 Å². The molecule has 1 aromatic carbocycles. The summed E-state index contributed by atoms with van der Waals surface area (Å²) >= 11 is 0. The minimum atomic E-state index is -0.748. The van der Waals surface area contributed by atoms with E-state index in [1.54, 1.807) is 13.0 Å². The van der Waals surface area contributed by atoms with E-state index in [2.05, 4.69) is 10.5 Å². The summed E-state index contributed by atoms with van der Waals surface area (Å²) in [5.41, 5.74) is 1.48. The molecule has 2 aromatic rings. The Morgan fingerprint density at radius 1 is 1.43 bits per heavy atom. The predicted molar refractivity (Wildman–Crippen MR) is 80.2 cm³/mol. The van der Waals surface area contributed by atoms with Gasteiger partial charge >= 0.3 is 11.8 Å². The van der Waals surface area contributed by atoms with Gasteiger partial charge in [0.25, 0.3) is 0 Å². The number of aryl methyl sites for hydroxylation is 1. The fraction of sp³-hybridized carbons (Fsp3) is 0.312. The smallest absolute Gasteiger partial charge is 0.315 e. The van der Waals surface area contributed by atoms with Gasteiger partial charge < -0.3 is 9.42 Å². The van der Waals surface area contributed by atoms with Crippen LogP contribution in [-0.2, 0) is 9.59 Å². The number of aromatic nitrogens is 1. The second-order valence-corrected chi connectivity index (χ2v) is 5.59. The molecule has 1 aliphatic rings. The van der Waals surface area contributed by atoms with Crippen LogP contribution >= 0.6 is 0 Å². The molecule has 0 aliphatic carbocycles. The van der Waals surface area contributed by atoms with Crippen LogP contribution in [0.2, 0.25) is 0 Å². The zero-order chi connectivity index (χ0) is 16.4. The van der Waals surface area contributed by atoms with Crippen LogP contribution in [0, 0.1) is 12.7 Å². The van der Waals surface area contributed by atoms with Gasteiger partial charge in [0.1, 0.15) is 12.1 Å². The van der Waals surface area contributed by atoms with E-state index in [4.69, 9.17) is 4.52 Å². The van der Waals surface area contributed by atoms with Crippen molar-refractivity contribution in [1.82, 2.24) is 10.1 Å². The maximum atomic E-state index is 13.3. The highest BCUT2D eigenvalue weighted by Crippen LogP contribution is 2.27. The third-order valence-corrected chi connectivity index (χ3v) is 3.97. The van der Waals surface area contributed by atoms with Gasteiger partial charge in [-0.05, 0) is 31.0 Å². The van der Waals surface area contributed by atoms with E-state index in [1.165, 1.54) is 23.3 Å². The Morgan fingerprint density at radius 3 is 2.96 bits per heavy atom. The molecule has 0 saturated carbocycles. The molecule has 1 atom stereocenters. The molecule has 120 valence electrons. The molecule has 1 saturated heterocycles. The molecule has 0 unspecified atom stereocenters. The minimum Gasteiger partial charge on any atom is -0.362 e. The van der Waals surface area contributed by atoms with Gasteiger partial charge in [-0.3, -0.25) is 14.9 Å². The van der Waals surface area contributed by atoms with E-state index in [9.17, 15) is 14.0 Å². The topological polar surface area (TPSA) is 75.4 Å². The van der Waals surface area contributed by atoms with E-state index in [-0.39, 0.29) is 17.6 Å². The van der Waals surface area contributed by atoms with Gasteiger partial charge in [-0.15, -0.1) is 0 Å². The molecule has 0 spiro atoms. The first-order valence-corrected chi connectivity index (χ1v) is 7.31. The Bertz CT molecular complexity index is 744. The van der Waals surface area contributed by atoms with Crippen LogP contribution in [0.15, 0.2) is 35.1 Å². The standard InChI is InChI=1S/C16H16FN3O3/c1-10-9-23-19-14(10)18-15(21)16(22)20-6-5-12(8-20)11-3-2-4-13(17)7-11/h2-4,7,9,12H,5-6,8H2,1H3,(H,18,19,21)/t12-/m1/s1. The molecule has 1 aliphatic heterocycles. The average molecular weight is 317 g/mol. The second-order valence-electron chi connectivity index (χ2n) is 5.59. The number of carbonyl (C=O) groups is 2. The Labute approximate surface area is 132 Å². The third-order valence-electron chi connectivity index (χ3n) is 3.97. The highest BCUT2D eigenvalue weighted by molar-refractivity contribution is 6.39. The summed E-state index contributed by atoms with van der Waals surface area (Å²) < 4.78 is 18.0. The summed E-state index contributed by atoms with van der Waals surface area (Å²) in [6.07, 6.45) is 2.08. The highest BCUT2D eigenvalue weighted by atomic mass is 19.1. The number of anilines is 1. The van der Waals surface area contributed by atoms with Gasteiger partial charge in [0.2, 0.25) is 0 Å². The lowest BCUT2D eigenvalue weighted by atomic mass is 9.98. The monoisotopic (exact) mass is 317 g/mol. The summed E-state index contributed by atoms with van der Waals surface area (Å²) in [6.45, 7) is 2.57. The Kier molecular flexibility index (Phi) is 4.10. The number of carbonyl (C=O) groups excluding carboxylic acids is 2. The van der Waals surface area contributed by atoms with Crippen molar-refractivity contribution in [2.24, 2.45) is 0 Å². The SMILES string of the molecule is Cc1conc1NC(=O)C(=O)N1CC[C@@H](c2cccc(F)c2)C1. The van der Waals surface area contributed by atoms with Gasteiger partial charge in [-0.2, -0.15) is 0 Å². The number of hydrogen-bond acceptors (Lipinski definition) is 4. The van der Waals surface area contributed by atoms with Crippen LogP contribution < -0.4 is 5.32 Å². The van der Waals surface area contributed by atoms with Crippen LogP contribution in [0.4, 0.5) is 10.2 Å².